The molecule has 0 spiro atoms. The molecule has 0 heterocycles. The summed E-state index contributed by atoms with van der Waals surface area (Å²) in [7, 11) is 0. The zero-order chi connectivity index (χ0) is 18.5. The fourth-order valence-corrected chi connectivity index (χ4v) is 2.41. The molecule has 0 aliphatic heterocycles. The van der Waals surface area contributed by atoms with Gasteiger partial charge in [-0.25, -0.2) is 4.79 Å². The van der Waals surface area contributed by atoms with E-state index in [4.69, 9.17) is 21.1 Å². The van der Waals surface area contributed by atoms with Crippen LogP contribution in [0.15, 0.2) is 24.3 Å². The van der Waals surface area contributed by atoms with Crippen molar-refractivity contribution in [2.45, 2.75) is 53.2 Å². The number of alkyl halides is 1. The Balaban J connectivity index is 3.17. The second kappa shape index (κ2) is 7.88. The van der Waals surface area contributed by atoms with Gasteiger partial charge in [-0.2, -0.15) is 0 Å². The molecule has 1 aromatic rings. The van der Waals surface area contributed by atoms with Gasteiger partial charge in [-0.15, -0.1) is 0 Å². The molecule has 0 radical (unpaired) electrons. The Morgan fingerprint density at radius 1 is 1.21 bits per heavy atom. The van der Waals surface area contributed by atoms with E-state index in [9.17, 15) is 9.59 Å². The third kappa shape index (κ3) is 5.71. The summed E-state index contributed by atoms with van der Waals surface area (Å²) in [5.41, 5.74) is 0.143. The van der Waals surface area contributed by atoms with Crippen LogP contribution in [-0.2, 0) is 14.3 Å². The van der Waals surface area contributed by atoms with Crippen LogP contribution in [0.25, 0.3) is 0 Å². The molecule has 0 bridgehead atoms. The smallest absolute Gasteiger partial charge is 0.408 e. The number of hydrogen-bond acceptors (Lipinski definition) is 4. The van der Waals surface area contributed by atoms with E-state index in [0.29, 0.717) is 0 Å². The first kappa shape index (κ1) is 20.3. The minimum Gasteiger partial charge on any atom is -0.449 e. The highest BCUT2D eigenvalue weighted by atomic mass is 35.5. The maximum absolute atomic E-state index is 12.3. The van der Waals surface area contributed by atoms with Crippen LogP contribution in [0.3, 0.4) is 0 Å². The largest absolute Gasteiger partial charge is 0.449 e. The van der Waals surface area contributed by atoms with Crippen LogP contribution in [0.2, 0.25) is 0 Å². The number of alkyl carbamates (subject to hydrolysis) is 1. The SMILES string of the molecule is Cc1cccc(C(NC(=O)OC(C)(C)C)C(C)(C)C(=O)OCCl)c1. The molecular weight excluding hydrogens is 330 g/mol. The highest BCUT2D eigenvalue weighted by Crippen LogP contribution is 2.35. The molecule has 1 rings (SSSR count). The highest BCUT2D eigenvalue weighted by molar-refractivity contribution is 6.17. The van der Waals surface area contributed by atoms with E-state index >= 15 is 0 Å². The lowest BCUT2D eigenvalue weighted by atomic mass is 9.80. The van der Waals surface area contributed by atoms with Crippen LogP contribution >= 0.6 is 11.6 Å². The maximum atomic E-state index is 12.3. The lowest BCUT2D eigenvalue weighted by Crippen LogP contribution is -2.44. The number of esters is 1. The van der Waals surface area contributed by atoms with Crippen molar-refractivity contribution in [2.75, 3.05) is 6.07 Å². The zero-order valence-electron chi connectivity index (χ0n) is 15.1. The second-order valence-corrected chi connectivity index (χ2v) is 7.47. The Morgan fingerprint density at radius 3 is 2.33 bits per heavy atom. The third-order valence-electron chi connectivity index (χ3n) is 3.47. The number of hydrogen-bond donors (Lipinski definition) is 1. The number of benzene rings is 1. The fourth-order valence-electron chi connectivity index (χ4n) is 2.31. The zero-order valence-corrected chi connectivity index (χ0v) is 15.9. The van der Waals surface area contributed by atoms with Crippen molar-refractivity contribution in [1.82, 2.24) is 5.32 Å². The molecule has 0 aliphatic rings. The third-order valence-corrected chi connectivity index (χ3v) is 3.58. The number of halogens is 1. The molecule has 0 saturated heterocycles. The molecule has 134 valence electrons. The first-order valence-electron chi connectivity index (χ1n) is 7.76. The highest BCUT2D eigenvalue weighted by Gasteiger charge is 2.41. The van der Waals surface area contributed by atoms with Gasteiger partial charge in [-0.05, 0) is 47.1 Å². The van der Waals surface area contributed by atoms with E-state index in [1.54, 1.807) is 34.6 Å². The van der Waals surface area contributed by atoms with Crippen molar-refractivity contribution in [3.05, 3.63) is 35.4 Å². The van der Waals surface area contributed by atoms with Gasteiger partial charge in [-0.1, -0.05) is 41.4 Å². The van der Waals surface area contributed by atoms with Crippen molar-refractivity contribution in [2.24, 2.45) is 5.41 Å². The van der Waals surface area contributed by atoms with E-state index in [1.165, 1.54) is 0 Å². The molecule has 24 heavy (non-hydrogen) atoms. The van der Waals surface area contributed by atoms with Crippen LogP contribution in [0.1, 0.15) is 51.8 Å². The molecular formula is C18H26ClNO4. The van der Waals surface area contributed by atoms with Gasteiger partial charge in [0.15, 0.2) is 6.07 Å². The molecule has 0 fully saturated rings. The number of nitrogens with one attached hydrogen (secondary N) is 1. The minimum atomic E-state index is -1.03. The monoisotopic (exact) mass is 355 g/mol. The van der Waals surface area contributed by atoms with E-state index in [2.05, 4.69) is 5.32 Å². The van der Waals surface area contributed by atoms with Crippen molar-refractivity contribution in [1.29, 1.82) is 0 Å². The lowest BCUT2D eigenvalue weighted by Gasteiger charge is -2.33. The number of carbonyl (C=O) groups is 2. The second-order valence-electron chi connectivity index (χ2n) is 7.26. The van der Waals surface area contributed by atoms with Gasteiger partial charge in [0.05, 0.1) is 11.5 Å². The summed E-state index contributed by atoms with van der Waals surface area (Å²) < 4.78 is 10.3. The van der Waals surface area contributed by atoms with Gasteiger partial charge in [0.2, 0.25) is 0 Å². The maximum Gasteiger partial charge on any atom is 0.408 e. The Morgan fingerprint density at radius 2 is 1.83 bits per heavy atom. The Kier molecular flexibility index (Phi) is 6.67. The molecule has 1 amide bonds. The number of aryl methyl sites for hydroxylation is 1. The molecule has 1 atom stereocenters. The fraction of sp³-hybridized carbons (Fsp3) is 0.556. The molecule has 0 aromatic heterocycles. The summed E-state index contributed by atoms with van der Waals surface area (Å²) in [5, 5.41) is 2.79. The summed E-state index contributed by atoms with van der Waals surface area (Å²) in [6.07, 6.45) is -0.597. The van der Waals surface area contributed by atoms with E-state index in [1.807, 2.05) is 31.2 Å². The first-order chi connectivity index (χ1) is 11.0. The van der Waals surface area contributed by atoms with Crippen molar-refractivity contribution in [3.63, 3.8) is 0 Å². The molecule has 1 unspecified atom stereocenters. The molecule has 5 nitrogen and oxygen atoms in total. The van der Waals surface area contributed by atoms with Crippen molar-refractivity contribution >= 4 is 23.7 Å². The van der Waals surface area contributed by atoms with Crippen LogP contribution in [-0.4, -0.2) is 23.7 Å². The van der Waals surface area contributed by atoms with Crippen LogP contribution < -0.4 is 5.32 Å². The average molecular weight is 356 g/mol. The molecule has 1 aromatic carbocycles. The van der Waals surface area contributed by atoms with E-state index in [-0.39, 0.29) is 6.07 Å². The predicted octanol–water partition coefficient (Wildman–Crippen LogP) is 4.33. The number of ether oxygens (including phenoxy) is 2. The van der Waals surface area contributed by atoms with Crippen molar-refractivity contribution in [3.8, 4) is 0 Å². The van der Waals surface area contributed by atoms with Crippen LogP contribution in [0, 0.1) is 12.3 Å². The normalized spacial score (nSPS) is 13.1. The predicted molar refractivity (Wildman–Crippen MR) is 93.9 cm³/mol. The Labute approximate surface area is 148 Å². The van der Waals surface area contributed by atoms with Gasteiger partial charge >= 0.3 is 12.1 Å². The summed E-state index contributed by atoms with van der Waals surface area (Å²) in [4.78, 5) is 24.6. The Bertz CT molecular complexity index is 593. The molecule has 6 heteroatoms. The van der Waals surface area contributed by atoms with Crippen LogP contribution in [0.5, 0.6) is 0 Å². The quantitative estimate of drug-likeness (QED) is 0.630. The van der Waals surface area contributed by atoms with Gasteiger partial charge in [0, 0.05) is 0 Å². The minimum absolute atomic E-state index is 0.241. The summed E-state index contributed by atoms with van der Waals surface area (Å²) >= 11 is 5.52. The van der Waals surface area contributed by atoms with Gasteiger partial charge in [0.1, 0.15) is 5.60 Å². The standard InChI is InChI=1S/C18H26ClNO4/c1-12-8-7-9-13(10-12)14(18(5,6)15(21)23-11-19)20-16(22)24-17(2,3)4/h7-10,14H,11H2,1-6H3,(H,20,22). The summed E-state index contributed by atoms with van der Waals surface area (Å²) in [5.74, 6) is -0.500. The lowest BCUT2D eigenvalue weighted by molar-refractivity contribution is -0.153. The van der Waals surface area contributed by atoms with E-state index < -0.39 is 29.1 Å². The molecule has 0 aliphatic carbocycles. The van der Waals surface area contributed by atoms with Gasteiger partial charge in [-0.3, -0.25) is 4.79 Å². The number of amides is 1. The summed E-state index contributed by atoms with van der Waals surface area (Å²) in [6, 6.07) is 6.72. The number of rotatable bonds is 5. The number of carbonyl (C=O) groups excluding carboxylic acids is 2. The van der Waals surface area contributed by atoms with Gasteiger partial charge in [0.25, 0.3) is 0 Å². The first-order valence-corrected chi connectivity index (χ1v) is 8.30. The molecule has 0 saturated carbocycles. The van der Waals surface area contributed by atoms with Gasteiger partial charge < -0.3 is 14.8 Å². The van der Waals surface area contributed by atoms with E-state index in [0.717, 1.165) is 11.1 Å². The summed E-state index contributed by atoms with van der Waals surface area (Å²) in [6.45, 7) is 10.7. The average Bonchev–Trinajstić information content (AvgIpc) is 2.43. The topological polar surface area (TPSA) is 64.6 Å². The molecule has 1 N–H and O–H groups in total. The Hall–Kier alpha value is -1.75. The van der Waals surface area contributed by atoms with Crippen molar-refractivity contribution < 1.29 is 19.1 Å². The van der Waals surface area contributed by atoms with Crippen LogP contribution in [0.4, 0.5) is 4.79 Å².